The average Bonchev–Trinajstić information content (AvgIpc) is 2.83. The highest BCUT2D eigenvalue weighted by Gasteiger charge is 2.20. The van der Waals surface area contributed by atoms with Crippen LogP contribution in [0.1, 0.15) is 18.4 Å². The number of nitrogens with zero attached hydrogens (tertiary/aromatic N) is 1. The first kappa shape index (κ1) is 15.1. The van der Waals surface area contributed by atoms with E-state index < -0.39 is 11.9 Å². The lowest BCUT2D eigenvalue weighted by Crippen LogP contribution is -2.37. The van der Waals surface area contributed by atoms with Gasteiger partial charge in [0.1, 0.15) is 23.1 Å². The summed E-state index contributed by atoms with van der Waals surface area (Å²) in [5.74, 6) is 1.24. The summed E-state index contributed by atoms with van der Waals surface area (Å²) in [6, 6.07) is 9.40. The summed E-state index contributed by atoms with van der Waals surface area (Å²) in [4.78, 5) is 13.7. The molecule has 2 aromatic rings. The summed E-state index contributed by atoms with van der Waals surface area (Å²) in [5, 5.41) is 0. The average molecular weight is 291 g/mol. The topological polar surface area (TPSA) is 42.7 Å². The van der Waals surface area contributed by atoms with Crippen LogP contribution in [0.2, 0.25) is 0 Å². The first-order valence-electron chi connectivity index (χ1n) is 6.68. The van der Waals surface area contributed by atoms with Crippen LogP contribution in [0.5, 0.6) is 5.75 Å². The van der Waals surface area contributed by atoms with Crippen LogP contribution in [0.4, 0.5) is 4.39 Å². The fraction of sp³-hybridized carbons (Fsp3) is 0.312. The van der Waals surface area contributed by atoms with Crippen molar-refractivity contribution < 1.29 is 18.3 Å². The molecule has 5 heteroatoms. The molecule has 4 nitrogen and oxygen atoms in total. The van der Waals surface area contributed by atoms with Gasteiger partial charge in [-0.25, -0.2) is 4.39 Å². The molecule has 0 aliphatic carbocycles. The lowest BCUT2D eigenvalue weighted by Gasteiger charge is -2.21. The van der Waals surface area contributed by atoms with E-state index in [-0.39, 0.29) is 5.91 Å². The Morgan fingerprint density at radius 1 is 1.38 bits per heavy atom. The van der Waals surface area contributed by atoms with Crippen LogP contribution in [-0.2, 0) is 11.3 Å². The highest BCUT2D eigenvalue weighted by Crippen LogP contribution is 2.15. The van der Waals surface area contributed by atoms with E-state index in [1.165, 1.54) is 23.1 Å². The molecule has 0 saturated heterocycles. The fourth-order valence-electron chi connectivity index (χ4n) is 1.99. The second kappa shape index (κ2) is 6.43. The molecule has 0 N–H and O–H groups in total. The van der Waals surface area contributed by atoms with Gasteiger partial charge >= 0.3 is 0 Å². The van der Waals surface area contributed by atoms with Gasteiger partial charge in [0, 0.05) is 13.1 Å². The number of benzene rings is 1. The first-order valence-corrected chi connectivity index (χ1v) is 6.68. The molecule has 1 aromatic carbocycles. The largest absolute Gasteiger partial charge is 0.481 e. The van der Waals surface area contributed by atoms with E-state index >= 15 is 0 Å². The van der Waals surface area contributed by atoms with Crippen LogP contribution in [0, 0.1) is 12.7 Å². The van der Waals surface area contributed by atoms with Crippen molar-refractivity contribution >= 4 is 5.91 Å². The fourth-order valence-corrected chi connectivity index (χ4v) is 1.99. The number of carbonyl (C=O) groups is 1. The molecule has 0 fully saturated rings. The summed E-state index contributed by atoms with van der Waals surface area (Å²) in [6.45, 7) is 3.85. The van der Waals surface area contributed by atoms with E-state index in [9.17, 15) is 9.18 Å². The number of aryl methyl sites for hydroxylation is 1. The van der Waals surface area contributed by atoms with E-state index in [0.29, 0.717) is 18.1 Å². The van der Waals surface area contributed by atoms with Crippen LogP contribution < -0.4 is 4.74 Å². The third kappa shape index (κ3) is 4.08. The Morgan fingerprint density at radius 3 is 2.76 bits per heavy atom. The molecule has 1 amide bonds. The standard InChI is InChI=1S/C16H18FNO3/c1-11-7-8-15(20-11)10-18(3)16(19)12(2)21-14-6-4-5-13(17)9-14/h4-9,12H,10H2,1-3H3. The van der Waals surface area contributed by atoms with E-state index in [4.69, 9.17) is 9.15 Å². The summed E-state index contributed by atoms with van der Waals surface area (Å²) >= 11 is 0. The number of hydrogen-bond acceptors (Lipinski definition) is 3. The molecule has 1 atom stereocenters. The van der Waals surface area contributed by atoms with Gasteiger partial charge in [-0.05, 0) is 38.1 Å². The smallest absolute Gasteiger partial charge is 0.263 e. The Bertz CT molecular complexity index is 623. The molecule has 1 aromatic heterocycles. The Labute approximate surface area is 123 Å². The van der Waals surface area contributed by atoms with Crippen molar-refractivity contribution in [2.75, 3.05) is 7.05 Å². The third-order valence-electron chi connectivity index (χ3n) is 3.02. The van der Waals surface area contributed by atoms with Crippen molar-refractivity contribution in [1.82, 2.24) is 4.90 Å². The number of hydrogen-bond donors (Lipinski definition) is 0. The van der Waals surface area contributed by atoms with Crippen LogP contribution in [0.3, 0.4) is 0 Å². The molecule has 21 heavy (non-hydrogen) atoms. The minimum absolute atomic E-state index is 0.201. The Morgan fingerprint density at radius 2 is 2.14 bits per heavy atom. The van der Waals surface area contributed by atoms with Crippen molar-refractivity contribution in [3.05, 3.63) is 53.7 Å². The van der Waals surface area contributed by atoms with Crippen molar-refractivity contribution in [2.24, 2.45) is 0 Å². The van der Waals surface area contributed by atoms with Crippen LogP contribution in [0.15, 0.2) is 40.8 Å². The number of carbonyl (C=O) groups excluding carboxylic acids is 1. The number of rotatable bonds is 5. The van der Waals surface area contributed by atoms with Crippen molar-refractivity contribution in [2.45, 2.75) is 26.5 Å². The van der Waals surface area contributed by atoms with Gasteiger partial charge in [0.2, 0.25) is 0 Å². The van der Waals surface area contributed by atoms with Gasteiger partial charge in [0.05, 0.1) is 6.54 Å². The van der Waals surface area contributed by atoms with Crippen LogP contribution in [-0.4, -0.2) is 24.0 Å². The van der Waals surface area contributed by atoms with E-state index in [1.807, 2.05) is 19.1 Å². The monoisotopic (exact) mass is 291 g/mol. The zero-order chi connectivity index (χ0) is 15.4. The van der Waals surface area contributed by atoms with Crippen molar-refractivity contribution in [3.63, 3.8) is 0 Å². The molecule has 2 rings (SSSR count). The van der Waals surface area contributed by atoms with Gasteiger partial charge < -0.3 is 14.1 Å². The zero-order valence-corrected chi connectivity index (χ0v) is 12.3. The molecular weight excluding hydrogens is 273 g/mol. The highest BCUT2D eigenvalue weighted by molar-refractivity contribution is 5.80. The number of halogens is 1. The number of amides is 1. The number of furan rings is 1. The van der Waals surface area contributed by atoms with Crippen LogP contribution in [0.25, 0.3) is 0 Å². The van der Waals surface area contributed by atoms with Gasteiger partial charge in [0.25, 0.3) is 5.91 Å². The number of ether oxygens (including phenoxy) is 1. The van der Waals surface area contributed by atoms with Gasteiger partial charge in [-0.1, -0.05) is 6.07 Å². The Balaban J connectivity index is 1.95. The van der Waals surface area contributed by atoms with E-state index in [2.05, 4.69) is 0 Å². The lowest BCUT2D eigenvalue weighted by molar-refractivity contribution is -0.137. The molecule has 0 saturated carbocycles. The summed E-state index contributed by atoms with van der Waals surface area (Å²) < 4.78 is 24.0. The van der Waals surface area contributed by atoms with E-state index in [1.54, 1.807) is 20.0 Å². The highest BCUT2D eigenvalue weighted by atomic mass is 19.1. The quantitative estimate of drug-likeness (QED) is 0.850. The van der Waals surface area contributed by atoms with Gasteiger partial charge in [-0.3, -0.25) is 4.79 Å². The summed E-state index contributed by atoms with van der Waals surface area (Å²) in [6.07, 6.45) is -0.701. The SMILES string of the molecule is Cc1ccc(CN(C)C(=O)C(C)Oc2cccc(F)c2)o1. The predicted octanol–water partition coefficient (Wildman–Crippen LogP) is 3.15. The van der Waals surface area contributed by atoms with E-state index in [0.717, 1.165) is 5.76 Å². The summed E-state index contributed by atoms with van der Waals surface area (Å²) in [7, 11) is 1.67. The molecule has 0 aliphatic rings. The zero-order valence-electron chi connectivity index (χ0n) is 12.3. The molecular formula is C16H18FNO3. The summed E-state index contributed by atoms with van der Waals surface area (Å²) in [5.41, 5.74) is 0. The van der Waals surface area contributed by atoms with Crippen molar-refractivity contribution in [3.8, 4) is 5.75 Å². The number of likely N-dealkylation sites (N-methyl/N-ethyl adjacent to an activating group) is 1. The lowest BCUT2D eigenvalue weighted by atomic mass is 10.3. The first-order chi connectivity index (χ1) is 9.95. The molecule has 0 spiro atoms. The molecule has 1 unspecified atom stereocenters. The second-order valence-electron chi connectivity index (χ2n) is 4.92. The molecule has 1 heterocycles. The third-order valence-corrected chi connectivity index (χ3v) is 3.02. The molecule has 0 radical (unpaired) electrons. The Hall–Kier alpha value is -2.30. The molecule has 0 aliphatic heterocycles. The minimum atomic E-state index is -0.701. The van der Waals surface area contributed by atoms with Crippen molar-refractivity contribution in [1.29, 1.82) is 0 Å². The minimum Gasteiger partial charge on any atom is -0.481 e. The molecule has 0 bridgehead atoms. The van der Waals surface area contributed by atoms with Gasteiger partial charge in [0.15, 0.2) is 6.10 Å². The predicted molar refractivity (Wildman–Crippen MR) is 76.4 cm³/mol. The van der Waals surface area contributed by atoms with Gasteiger partial charge in [-0.2, -0.15) is 0 Å². The Kier molecular flexibility index (Phi) is 4.62. The van der Waals surface area contributed by atoms with Gasteiger partial charge in [-0.15, -0.1) is 0 Å². The maximum atomic E-state index is 13.1. The maximum absolute atomic E-state index is 13.1. The maximum Gasteiger partial charge on any atom is 0.263 e. The second-order valence-corrected chi connectivity index (χ2v) is 4.92. The normalized spacial score (nSPS) is 12.0. The molecule has 112 valence electrons. The van der Waals surface area contributed by atoms with Crippen LogP contribution >= 0.6 is 0 Å².